The zero-order valence-electron chi connectivity index (χ0n) is 12.7. The van der Waals surface area contributed by atoms with Crippen LogP contribution in [0.5, 0.6) is 0 Å². The Balaban J connectivity index is 1.39. The van der Waals surface area contributed by atoms with E-state index >= 15 is 0 Å². The van der Waals surface area contributed by atoms with Crippen LogP contribution < -0.4 is 10.6 Å². The van der Waals surface area contributed by atoms with Gasteiger partial charge in [0.25, 0.3) is 0 Å². The Kier molecular flexibility index (Phi) is 4.77. The molecule has 3 rings (SSSR count). The van der Waals surface area contributed by atoms with Gasteiger partial charge >= 0.3 is 0 Å². The third-order valence-electron chi connectivity index (χ3n) is 4.21. The summed E-state index contributed by atoms with van der Waals surface area (Å²) in [6, 6.07) is 3.82. The number of hydrogen-bond donors (Lipinski definition) is 2. The summed E-state index contributed by atoms with van der Waals surface area (Å²) < 4.78 is 5.19. The zero-order valence-corrected chi connectivity index (χ0v) is 12.7. The van der Waals surface area contributed by atoms with Crippen molar-refractivity contribution in [3.05, 3.63) is 24.2 Å². The molecule has 0 spiro atoms. The van der Waals surface area contributed by atoms with Crippen molar-refractivity contribution >= 4 is 11.8 Å². The standard InChI is InChI=1S/C16H23N3O3/c20-15(17-9-14-4-2-8-22-14)11-19-7-1-3-13(10-19)18-16(21)12-5-6-12/h2,4,8,12-13H,1,3,5-7,9-11H2,(H,17,20)(H,18,21). The van der Waals surface area contributed by atoms with E-state index in [1.54, 1.807) is 12.3 Å². The predicted octanol–water partition coefficient (Wildman–Crippen LogP) is 0.886. The Morgan fingerprint density at radius 2 is 2.18 bits per heavy atom. The molecular weight excluding hydrogens is 282 g/mol. The van der Waals surface area contributed by atoms with E-state index < -0.39 is 0 Å². The highest BCUT2D eigenvalue weighted by molar-refractivity contribution is 5.81. The number of furan rings is 1. The van der Waals surface area contributed by atoms with Crippen LogP contribution in [0.25, 0.3) is 0 Å². The maximum atomic E-state index is 12.0. The maximum Gasteiger partial charge on any atom is 0.234 e. The number of rotatable bonds is 6. The number of amides is 2. The third kappa shape index (κ3) is 4.34. The molecule has 1 aromatic heterocycles. The lowest BCUT2D eigenvalue weighted by atomic mass is 10.1. The summed E-state index contributed by atoms with van der Waals surface area (Å²) in [5, 5.41) is 5.97. The summed E-state index contributed by atoms with van der Waals surface area (Å²) in [6.45, 7) is 2.45. The molecule has 1 aliphatic heterocycles. The smallest absolute Gasteiger partial charge is 0.234 e. The average Bonchev–Trinajstić information content (AvgIpc) is 3.23. The molecule has 2 fully saturated rings. The van der Waals surface area contributed by atoms with Gasteiger partial charge in [0, 0.05) is 18.5 Å². The molecule has 22 heavy (non-hydrogen) atoms. The van der Waals surface area contributed by atoms with E-state index in [1.807, 2.05) is 6.07 Å². The summed E-state index contributed by atoms with van der Waals surface area (Å²) in [6.07, 6.45) is 5.66. The first kappa shape index (κ1) is 15.1. The molecule has 0 radical (unpaired) electrons. The third-order valence-corrected chi connectivity index (χ3v) is 4.21. The molecule has 120 valence electrons. The van der Waals surface area contributed by atoms with E-state index in [1.165, 1.54) is 0 Å². The Labute approximate surface area is 130 Å². The Hall–Kier alpha value is -1.82. The number of nitrogens with zero attached hydrogens (tertiary/aromatic N) is 1. The lowest BCUT2D eigenvalue weighted by molar-refractivity contribution is -0.123. The summed E-state index contributed by atoms with van der Waals surface area (Å²) in [4.78, 5) is 25.9. The van der Waals surface area contributed by atoms with Gasteiger partial charge in [0.05, 0.1) is 19.4 Å². The molecule has 2 heterocycles. The first-order valence-corrected chi connectivity index (χ1v) is 8.02. The molecule has 0 bridgehead atoms. The van der Waals surface area contributed by atoms with E-state index in [-0.39, 0.29) is 23.8 Å². The van der Waals surface area contributed by atoms with E-state index in [2.05, 4.69) is 15.5 Å². The Morgan fingerprint density at radius 1 is 1.32 bits per heavy atom. The van der Waals surface area contributed by atoms with Crippen molar-refractivity contribution in [1.29, 1.82) is 0 Å². The zero-order chi connectivity index (χ0) is 15.4. The molecule has 0 aromatic carbocycles. The summed E-state index contributed by atoms with van der Waals surface area (Å²) >= 11 is 0. The van der Waals surface area contributed by atoms with Gasteiger partial charge in [-0.3, -0.25) is 14.5 Å². The highest BCUT2D eigenvalue weighted by Crippen LogP contribution is 2.29. The van der Waals surface area contributed by atoms with Gasteiger partial charge in [-0.25, -0.2) is 0 Å². The number of carbonyl (C=O) groups is 2. The molecule has 2 aliphatic rings. The maximum absolute atomic E-state index is 12.0. The first-order valence-electron chi connectivity index (χ1n) is 8.02. The summed E-state index contributed by atoms with van der Waals surface area (Å²) in [5.41, 5.74) is 0. The normalized spacial score (nSPS) is 22.3. The summed E-state index contributed by atoms with van der Waals surface area (Å²) in [5.74, 6) is 1.17. The lowest BCUT2D eigenvalue weighted by Gasteiger charge is -2.32. The second-order valence-electron chi connectivity index (χ2n) is 6.21. The van der Waals surface area contributed by atoms with Crippen molar-refractivity contribution in [2.24, 2.45) is 5.92 Å². The van der Waals surface area contributed by atoms with Crippen LogP contribution in [0.2, 0.25) is 0 Å². The van der Waals surface area contributed by atoms with Crippen LogP contribution in [-0.2, 0) is 16.1 Å². The van der Waals surface area contributed by atoms with Crippen LogP contribution in [0.15, 0.2) is 22.8 Å². The van der Waals surface area contributed by atoms with Crippen LogP contribution in [0, 0.1) is 5.92 Å². The largest absolute Gasteiger partial charge is 0.467 e. The number of likely N-dealkylation sites (tertiary alicyclic amines) is 1. The number of piperidine rings is 1. The van der Waals surface area contributed by atoms with Crippen molar-refractivity contribution in [3.8, 4) is 0 Å². The highest BCUT2D eigenvalue weighted by Gasteiger charge is 2.32. The van der Waals surface area contributed by atoms with Crippen molar-refractivity contribution in [1.82, 2.24) is 15.5 Å². The molecule has 1 aliphatic carbocycles. The fourth-order valence-corrected chi connectivity index (χ4v) is 2.84. The minimum atomic E-state index is -0.00873. The second kappa shape index (κ2) is 6.96. The van der Waals surface area contributed by atoms with Gasteiger partial charge in [-0.1, -0.05) is 0 Å². The van der Waals surface area contributed by atoms with Crippen molar-refractivity contribution in [3.63, 3.8) is 0 Å². The van der Waals surface area contributed by atoms with Crippen molar-refractivity contribution in [2.45, 2.75) is 38.3 Å². The van der Waals surface area contributed by atoms with Gasteiger partial charge in [0.15, 0.2) is 0 Å². The average molecular weight is 305 g/mol. The van der Waals surface area contributed by atoms with Crippen molar-refractivity contribution < 1.29 is 14.0 Å². The van der Waals surface area contributed by atoms with Crippen molar-refractivity contribution in [2.75, 3.05) is 19.6 Å². The molecule has 1 atom stereocenters. The van der Waals surface area contributed by atoms with Crippen LogP contribution in [0.4, 0.5) is 0 Å². The first-order chi connectivity index (χ1) is 10.7. The SMILES string of the molecule is O=C(CN1CCCC(NC(=O)C2CC2)C1)NCc1ccco1. The fraction of sp³-hybridized carbons (Fsp3) is 0.625. The Bertz CT molecular complexity index is 511. The number of hydrogen-bond acceptors (Lipinski definition) is 4. The molecule has 1 unspecified atom stereocenters. The van der Waals surface area contributed by atoms with Gasteiger partial charge < -0.3 is 15.1 Å². The molecule has 1 saturated heterocycles. The topological polar surface area (TPSA) is 74.6 Å². The second-order valence-corrected chi connectivity index (χ2v) is 6.21. The molecule has 2 N–H and O–H groups in total. The summed E-state index contributed by atoms with van der Waals surface area (Å²) in [7, 11) is 0. The van der Waals surface area contributed by atoms with E-state index in [9.17, 15) is 9.59 Å². The van der Waals surface area contributed by atoms with Crippen LogP contribution in [0.1, 0.15) is 31.4 Å². The molecule has 6 nitrogen and oxygen atoms in total. The van der Waals surface area contributed by atoms with Gasteiger partial charge in [0.1, 0.15) is 5.76 Å². The fourth-order valence-electron chi connectivity index (χ4n) is 2.84. The quantitative estimate of drug-likeness (QED) is 0.818. The lowest BCUT2D eigenvalue weighted by Crippen LogP contribution is -2.50. The minimum absolute atomic E-state index is 0.00873. The Morgan fingerprint density at radius 3 is 2.91 bits per heavy atom. The molecule has 1 saturated carbocycles. The number of carbonyl (C=O) groups excluding carboxylic acids is 2. The van der Waals surface area contributed by atoms with Crippen LogP contribution >= 0.6 is 0 Å². The monoisotopic (exact) mass is 305 g/mol. The highest BCUT2D eigenvalue weighted by atomic mass is 16.3. The van der Waals surface area contributed by atoms with Gasteiger partial charge in [-0.05, 0) is 44.4 Å². The van der Waals surface area contributed by atoms with Gasteiger partial charge in [0.2, 0.25) is 11.8 Å². The molecule has 2 amide bonds. The van der Waals surface area contributed by atoms with Gasteiger partial charge in [-0.2, -0.15) is 0 Å². The van der Waals surface area contributed by atoms with Crippen LogP contribution in [0.3, 0.4) is 0 Å². The van der Waals surface area contributed by atoms with E-state index in [0.29, 0.717) is 13.1 Å². The molecule has 6 heteroatoms. The van der Waals surface area contributed by atoms with Crippen LogP contribution in [-0.4, -0.2) is 42.4 Å². The predicted molar refractivity (Wildman–Crippen MR) is 80.9 cm³/mol. The molecular formula is C16H23N3O3. The van der Waals surface area contributed by atoms with E-state index in [4.69, 9.17) is 4.42 Å². The minimum Gasteiger partial charge on any atom is -0.467 e. The van der Waals surface area contributed by atoms with E-state index in [0.717, 1.165) is 44.5 Å². The number of nitrogens with one attached hydrogen (secondary N) is 2. The molecule has 1 aromatic rings. The van der Waals surface area contributed by atoms with Gasteiger partial charge in [-0.15, -0.1) is 0 Å².